The molecule has 2 N–H and O–H groups in total. The maximum Gasteiger partial charge on any atom is 0.258 e. The van der Waals surface area contributed by atoms with Gasteiger partial charge in [0.2, 0.25) is 0 Å². The second kappa shape index (κ2) is 13.3. The van der Waals surface area contributed by atoms with Crippen molar-refractivity contribution in [2.75, 3.05) is 38.1 Å². The number of amides is 1. The molecule has 40 heavy (non-hydrogen) atoms. The third kappa shape index (κ3) is 7.29. The van der Waals surface area contributed by atoms with Crippen LogP contribution in [0.4, 0.5) is 10.2 Å². The van der Waals surface area contributed by atoms with Gasteiger partial charge < -0.3 is 25.2 Å². The lowest BCUT2D eigenvalue weighted by Crippen LogP contribution is -2.60. The Kier molecular flexibility index (Phi) is 10.0. The average Bonchev–Trinajstić information content (AvgIpc) is 2.90. The molecule has 0 bridgehead atoms. The monoisotopic (exact) mass is 554 g/mol. The summed E-state index contributed by atoms with van der Waals surface area (Å²) in [6.07, 6.45) is 12.1. The molecule has 3 heterocycles. The molecule has 220 valence electrons. The zero-order chi connectivity index (χ0) is 28.9. The van der Waals surface area contributed by atoms with E-state index >= 15 is 0 Å². The van der Waals surface area contributed by atoms with Gasteiger partial charge in [0.15, 0.2) is 11.6 Å². The molecule has 2 aromatic rings. The SMILES string of the molecule is CC(C)N(C(=O)c1cc(F)ccc1Oc1cncnc1N1CC2(CCN(C)CC2)C1)C(C)C.NC1CCCCC1. The van der Waals surface area contributed by atoms with E-state index in [2.05, 4.69) is 26.8 Å². The van der Waals surface area contributed by atoms with Crippen LogP contribution in [0.1, 0.15) is 83.0 Å². The van der Waals surface area contributed by atoms with Crippen LogP contribution in [0.3, 0.4) is 0 Å². The van der Waals surface area contributed by atoms with Crippen molar-refractivity contribution in [1.82, 2.24) is 19.8 Å². The van der Waals surface area contributed by atoms with Crippen molar-refractivity contribution in [2.24, 2.45) is 11.1 Å². The first-order chi connectivity index (χ1) is 19.1. The van der Waals surface area contributed by atoms with Gasteiger partial charge in [-0.05, 0) is 91.7 Å². The minimum atomic E-state index is -0.477. The zero-order valence-electron chi connectivity index (χ0n) is 24.9. The van der Waals surface area contributed by atoms with Gasteiger partial charge >= 0.3 is 0 Å². The smallest absolute Gasteiger partial charge is 0.258 e. The van der Waals surface area contributed by atoms with Crippen LogP contribution in [-0.4, -0.2) is 77.0 Å². The molecule has 1 amide bonds. The van der Waals surface area contributed by atoms with Crippen molar-refractivity contribution in [3.63, 3.8) is 0 Å². The number of carbonyl (C=O) groups excluding carboxylic acids is 1. The van der Waals surface area contributed by atoms with Crippen LogP contribution in [-0.2, 0) is 0 Å². The summed E-state index contributed by atoms with van der Waals surface area (Å²) >= 11 is 0. The fraction of sp³-hybridized carbons (Fsp3) is 0.645. The molecular formula is C31H47FN6O2. The number of nitrogens with two attached hydrogens (primary N) is 1. The summed E-state index contributed by atoms with van der Waals surface area (Å²) in [5, 5.41) is 0. The predicted octanol–water partition coefficient (Wildman–Crippen LogP) is 5.48. The number of halogens is 1. The number of nitrogens with zero attached hydrogens (tertiary/aromatic N) is 5. The summed E-state index contributed by atoms with van der Waals surface area (Å²) in [5.74, 6) is 0.749. The van der Waals surface area contributed by atoms with Gasteiger partial charge in [0, 0.05) is 36.6 Å². The van der Waals surface area contributed by atoms with Crippen molar-refractivity contribution in [3.05, 3.63) is 42.1 Å². The highest BCUT2D eigenvalue weighted by Gasteiger charge is 2.45. The summed E-state index contributed by atoms with van der Waals surface area (Å²) in [6, 6.07) is 4.53. The molecule has 3 aliphatic rings. The summed E-state index contributed by atoms with van der Waals surface area (Å²) in [6.45, 7) is 11.9. The Labute approximate surface area is 239 Å². The molecule has 1 saturated carbocycles. The fourth-order valence-electron chi connectivity index (χ4n) is 6.16. The summed E-state index contributed by atoms with van der Waals surface area (Å²) in [7, 11) is 2.17. The van der Waals surface area contributed by atoms with E-state index < -0.39 is 5.82 Å². The summed E-state index contributed by atoms with van der Waals surface area (Å²) in [4.78, 5) is 28.3. The maximum absolute atomic E-state index is 14.2. The second-order valence-corrected chi connectivity index (χ2v) is 12.4. The minimum Gasteiger partial charge on any atom is -0.451 e. The molecule has 2 aliphatic heterocycles. The van der Waals surface area contributed by atoms with Crippen molar-refractivity contribution in [2.45, 2.75) is 90.8 Å². The summed E-state index contributed by atoms with van der Waals surface area (Å²) < 4.78 is 20.3. The number of anilines is 1. The minimum absolute atomic E-state index is 0.0314. The van der Waals surface area contributed by atoms with E-state index in [1.54, 1.807) is 11.1 Å². The van der Waals surface area contributed by atoms with Crippen LogP contribution in [0.25, 0.3) is 0 Å². The van der Waals surface area contributed by atoms with Crippen molar-refractivity contribution in [1.29, 1.82) is 0 Å². The Morgan fingerprint density at radius 1 is 1.07 bits per heavy atom. The van der Waals surface area contributed by atoms with Crippen LogP contribution < -0.4 is 15.4 Å². The van der Waals surface area contributed by atoms with Gasteiger partial charge in [-0.2, -0.15) is 0 Å². The van der Waals surface area contributed by atoms with Gasteiger partial charge in [-0.25, -0.2) is 14.4 Å². The Hall–Kier alpha value is -2.78. The van der Waals surface area contributed by atoms with Crippen molar-refractivity contribution < 1.29 is 13.9 Å². The van der Waals surface area contributed by atoms with Crippen molar-refractivity contribution in [3.8, 4) is 11.5 Å². The molecule has 8 nitrogen and oxygen atoms in total. The number of hydrogen-bond donors (Lipinski definition) is 1. The molecule has 9 heteroatoms. The van der Waals surface area contributed by atoms with Crippen molar-refractivity contribution >= 4 is 11.7 Å². The Morgan fingerprint density at radius 3 is 2.30 bits per heavy atom. The van der Waals surface area contributed by atoms with Crippen LogP contribution in [0, 0.1) is 11.2 Å². The third-order valence-corrected chi connectivity index (χ3v) is 8.45. The predicted molar refractivity (Wildman–Crippen MR) is 157 cm³/mol. The van der Waals surface area contributed by atoms with Gasteiger partial charge in [0.05, 0.1) is 11.8 Å². The number of aromatic nitrogens is 2. The number of rotatable bonds is 6. The van der Waals surface area contributed by atoms with E-state index in [4.69, 9.17) is 10.5 Å². The van der Waals surface area contributed by atoms with E-state index in [-0.39, 0.29) is 23.6 Å². The van der Waals surface area contributed by atoms with Gasteiger partial charge in [-0.15, -0.1) is 0 Å². The highest BCUT2D eigenvalue weighted by atomic mass is 19.1. The van der Waals surface area contributed by atoms with Crippen LogP contribution in [0.5, 0.6) is 11.5 Å². The van der Waals surface area contributed by atoms with E-state index in [1.165, 1.54) is 69.5 Å². The molecule has 3 fully saturated rings. The zero-order valence-corrected chi connectivity index (χ0v) is 24.9. The van der Waals surface area contributed by atoms with E-state index in [0.717, 1.165) is 26.2 Å². The highest BCUT2D eigenvalue weighted by molar-refractivity contribution is 5.97. The van der Waals surface area contributed by atoms with Crippen LogP contribution >= 0.6 is 0 Å². The summed E-state index contributed by atoms with van der Waals surface area (Å²) in [5.41, 5.74) is 6.17. The van der Waals surface area contributed by atoms with Gasteiger partial charge in [-0.3, -0.25) is 4.79 Å². The van der Waals surface area contributed by atoms with E-state index in [0.29, 0.717) is 28.8 Å². The second-order valence-electron chi connectivity index (χ2n) is 12.4. The Morgan fingerprint density at radius 2 is 1.73 bits per heavy atom. The molecule has 0 radical (unpaired) electrons. The van der Waals surface area contributed by atoms with E-state index in [9.17, 15) is 9.18 Å². The number of benzene rings is 1. The van der Waals surface area contributed by atoms with Crippen LogP contribution in [0.15, 0.2) is 30.7 Å². The lowest BCUT2D eigenvalue weighted by molar-refractivity contribution is 0.0640. The number of piperidine rings is 1. The molecule has 2 saturated heterocycles. The first-order valence-electron chi connectivity index (χ1n) is 14.9. The number of hydrogen-bond acceptors (Lipinski definition) is 7. The third-order valence-electron chi connectivity index (χ3n) is 8.45. The highest BCUT2D eigenvalue weighted by Crippen LogP contribution is 2.44. The number of carbonyl (C=O) groups is 1. The molecule has 0 atom stereocenters. The molecule has 5 rings (SSSR count). The Balaban J connectivity index is 0.000000461. The normalized spacial score (nSPS) is 19.3. The lowest BCUT2D eigenvalue weighted by Gasteiger charge is -2.54. The molecule has 1 aliphatic carbocycles. The maximum atomic E-state index is 14.2. The molecule has 1 spiro atoms. The molecule has 1 aromatic heterocycles. The van der Waals surface area contributed by atoms with E-state index in [1.807, 2.05) is 27.7 Å². The largest absolute Gasteiger partial charge is 0.451 e. The first kappa shape index (κ1) is 30.2. The first-order valence-corrected chi connectivity index (χ1v) is 14.9. The molecular weight excluding hydrogens is 507 g/mol. The van der Waals surface area contributed by atoms with Gasteiger partial charge in [0.25, 0.3) is 5.91 Å². The van der Waals surface area contributed by atoms with Gasteiger partial charge in [-0.1, -0.05) is 19.3 Å². The quantitative estimate of drug-likeness (QED) is 0.506. The standard InChI is InChI=1S/C25H34FN5O2.C6H13N/c1-17(2)31(18(3)4)24(32)20-12-19(26)6-7-21(20)33-22-13-27-16-28-23(22)30-14-25(15-30)8-10-29(5)11-9-25;7-6-4-2-1-3-5-6/h6-7,12-13,16-18H,8-11,14-15H2,1-5H3;6H,1-5,7H2. The average molecular weight is 555 g/mol. The Bertz CT molecular complexity index is 1110. The molecule has 1 aromatic carbocycles. The number of likely N-dealkylation sites (tertiary alicyclic amines) is 1. The van der Waals surface area contributed by atoms with Crippen LogP contribution in [0.2, 0.25) is 0 Å². The number of ether oxygens (including phenoxy) is 1. The topological polar surface area (TPSA) is 87.8 Å². The lowest BCUT2D eigenvalue weighted by atomic mass is 9.72. The molecule has 0 unspecified atom stereocenters. The van der Waals surface area contributed by atoms with Gasteiger partial charge in [0.1, 0.15) is 17.9 Å². The fourth-order valence-corrected chi connectivity index (χ4v) is 6.16.